The molecule has 0 spiro atoms. The summed E-state index contributed by atoms with van der Waals surface area (Å²) in [5.74, 6) is 0.111. The van der Waals surface area contributed by atoms with Crippen molar-refractivity contribution in [2.45, 2.75) is 38.3 Å². The number of carbonyl (C=O) groups excluding carboxylic acids is 1. The number of nitrogens with two attached hydrogens (primary N) is 1. The summed E-state index contributed by atoms with van der Waals surface area (Å²) in [5.41, 5.74) is 6.73. The van der Waals surface area contributed by atoms with Crippen molar-refractivity contribution in [3.8, 4) is 0 Å². The topological polar surface area (TPSA) is 51.3 Å². The summed E-state index contributed by atoms with van der Waals surface area (Å²) >= 11 is 0. The maximum absolute atomic E-state index is 12.4. The largest absolute Gasteiger partial charge is 0.347 e. The van der Waals surface area contributed by atoms with Gasteiger partial charge in [0, 0.05) is 31.9 Å². The molecule has 1 aromatic rings. The second-order valence-corrected chi connectivity index (χ2v) is 4.93. The Morgan fingerprint density at radius 3 is 2.88 bits per heavy atom. The molecule has 17 heavy (non-hydrogen) atoms. The van der Waals surface area contributed by atoms with E-state index in [1.807, 2.05) is 41.8 Å². The molecular weight excluding hydrogens is 214 g/mol. The van der Waals surface area contributed by atoms with E-state index in [-0.39, 0.29) is 18.0 Å². The zero-order valence-electron chi connectivity index (χ0n) is 10.6. The van der Waals surface area contributed by atoms with Gasteiger partial charge in [0.1, 0.15) is 5.69 Å². The molecule has 2 atom stereocenters. The summed E-state index contributed by atoms with van der Waals surface area (Å²) in [7, 11) is 1.90. The molecule has 1 aliphatic heterocycles. The number of carbonyl (C=O) groups is 1. The van der Waals surface area contributed by atoms with Gasteiger partial charge in [0.15, 0.2) is 0 Å². The Balaban J connectivity index is 2.20. The molecule has 1 aromatic heterocycles. The third-order valence-corrected chi connectivity index (χ3v) is 3.58. The smallest absolute Gasteiger partial charge is 0.270 e. The van der Waals surface area contributed by atoms with Crippen LogP contribution in [0.5, 0.6) is 0 Å². The average Bonchev–Trinajstić information content (AvgIpc) is 2.74. The number of likely N-dealkylation sites (tertiary alicyclic amines) is 1. The van der Waals surface area contributed by atoms with Crippen LogP contribution in [0.4, 0.5) is 0 Å². The number of aryl methyl sites for hydroxylation is 1. The molecule has 0 radical (unpaired) electrons. The second kappa shape index (κ2) is 4.92. The fraction of sp³-hybridized carbons (Fsp3) is 0.615. The number of hydrogen-bond donors (Lipinski definition) is 1. The normalized spacial score (nSPS) is 22.5. The van der Waals surface area contributed by atoms with Gasteiger partial charge in [0.25, 0.3) is 5.91 Å². The number of rotatable bonds is 2. The Labute approximate surface area is 102 Å². The van der Waals surface area contributed by atoms with Crippen LogP contribution in [0.3, 0.4) is 0 Å². The summed E-state index contributed by atoms with van der Waals surface area (Å²) in [4.78, 5) is 14.4. The van der Waals surface area contributed by atoms with Crippen molar-refractivity contribution >= 4 is 5.91 Å². The fourth-order valence-electron chi connectivity index (χ4n) is 2.59. The maximum atomic E-state index is 12.4. The van der Waals surface area contributed by atoms with Crippen molar-refractivity contribution in [3.63, 3.8) is 0 Å². The molecule has 1 amide bonds. The van der Waals surface area contributed by atoms with Gasteiger partial charge in [-0.15, -0.1) is 0 Å². The third-order valence-electron chi connectivity index (χ3n) is 3.58. The van der Waals surface area contributed by atoms with Crippen LogP contribution in [0.15, 0.2) is 18.3 Å². The van der Waals surface area contributed by atoms with Gasteiger partial charge in [-0.3, -0.25) is 4.79 Å². The van der Waals surface area contributed by atoms with Crippen molar-refractivity contribution < 1.29 is 4.79 Å². The molecule has 4 heteroatoms. The van der Waals surface area contributed by atoms with Crippen LogP contribution in [0.25, 0.3) is 0 Å². The fourth-order valence-corrected chi connectivity index (χ4v) is 2.59. The lowest BCUT2D eigenvalue weighted by Gasteiger charge is -2.38. The second-order valence-electron chi connectivity index (χ2n) is 4.93. The van der Waals surface area contributed by atoms with Crippen LogP contribution < -0.4 is 5.73 Å². The van der Waals surface area contributed by atoms with Gasteiger partial charge in [0.2, 0.25) is 0 Å². The van der Waals surface area contributed by atoms with Gasteiger partial charge in [-0.1, -0.05) is 0 Å². The number of hydrogen-bond acceptors (Lipinski definition) is 2. The van der Waals surface area contributed by atoms with Gasteiger partial charge >= 0.3 is 0 Å². The van der Waals surface area contributed by atoms with Crippen LogP contribution in [0.2, 0.25) is 0 Å². The number of piperidine rings is 1. The average molecular weight is 235 g/mol. The van der Waals surface area contributed by atoms with Gasteiger partial charge in [0.05, 0.1) is 0 Å². The van der Waals surface area contributed by atoms with Crippen LogP contribution in [0, 0.1) is 0 Å². The zero-order valence-corrected chi connectivity index (χ0v) is 10.6. The first kappa shape index (κ1) is 12.2. The first-order valence-corrected chi connectivity index (χ1v) is 6.29. The molecule has 0 aliphatic carbocycles. The third kappa shape index (κ3) is 2.36. The predicted octanol–water partition coefficient (Wildman–Crippen LogP) is 1.37. The number of amides is 1. The highest BCUT2D eigenvalue weighted by Crippen LogP contribution is 2.21. The minimum absolute atomic E-state index is 0.0412. The van der Waals surface area contributed by atoms with Crippen molar-refractivity contribution in [3.05, 3.63) is 24.0 Å². The first-order valence-electron chi connectivity index (χ1n) is 6.29. The monoisotopic (exact) mass is 235 g/mol. The van der Waals surface area contributed by atoms with Crippen molar-refractivity contribution in [2.24, 2.45) is 12.8 Å². The van der Waals surface area contributed by atoms with Crippen LogP contribution in [-0.4, -0.2) is 34.0 Å². The van der Waals surface area contributed by atoms with Gasteiger partial charge in [-0.2, -0.15) is 0 Å². The molecule has 0 saturated carbocycles. The maximum Gasteiger partial charge on any atom is 0.270 e. The first-order chi connectivity index (χ1) is 8.11. The zero-order chi connectivity index (χ0) is 12.4. The van der Waals surface area contributed by atoms with E-state index in [0.717, 1.165) is 25.1 Å². The molecular formula is C13H21N3O. The SMILES string of the molecule is C[C@@H](N)[C@@H]1CCCCN1C(=O)c1cccn1C. The molecule has 4 nitrogen and oxygen atoms in total. The van der Waals surface area contributed by atoms with E-state index in [2.05, 4.69) is 0 Å². The summed E-state index contributed by atoms with van der Waals surface area (Å²) in [6.07, 6.45) is 5.17. The molecule has 0 unspecified atom stereocenters. The minimum atomic E-state index is 0.0412. The lowest BCUT2D eigenvalue weighted by atomic mass is 9.96. The Hall–Kier alpha value is -1.29. The molecule has 1 aliphatic rings. The Morgan fingerprint density at radius 1 is 1.53 bits per heavy atom. The number of aromatic nitrogens is 1. The van der Waals surface area contributed by atoms with Gasteiger partial charge in [-0.05, 0) is 38.3 Å². The highest BCUT2D eigenvalue weighted by molar-refractivity contribution is 5.93. The van der Waals surface area contributed by atoms with E-state index in [1.165, 1.54) is 6.42 Å². The highest BCUT2D eigenvalue weighted by atomic mass is 16.2. The number of nitrogens with zero attached hydrogens (tertiary/aromatic N) is 2. The minimum Gasteiger partial charge on any atom is -0.347 e. The van der Waals surface area contributed by atoms with E-state index in [4.69, 9.17) is 5.73 Å². The quantitative estimate of drug-likeness (QED) is 0.841. The van der Waals surface area contributed by atoms with Crippen molar-refractivity contribution in [1.82, 2.24) is 9.47 Å². The molecule has 2 rings (SSSR count). The van der Waals surface area contributed by atoms with E-state index in [9.17, 15) is 4.79 Å². The van der Waals surface area contributed by atoms with Crippen LogP contribution in [0.1, 0.15) is 36.7 Å². The molecule has 1 saturated heterocycles. The van der Waals surface area contributed by atoms with Gasteiger partial charge in [-0.25, -0.2) is 0 Å². The molecule has 94 valence electrons. The molecule has 2 heterocycles. The lowest BCUT2D eigenvalue weighted by Crippen LogP contribution is -2.52. The predicted molar refractivity (Wildman–Crippen MR) is 67.7 cm³/mol. The van der Waals surface area contributed by atoms with E-state index in [0.29, 0.717) is 0 Å². The molecule has 1 fully saturated rings. The standard InChI is InChI=1S/C13H21N3O/c1-10(14)11-6-3-4-9-16(11)13(17)12-7-5-8-15(12)2/h5,7-8,10-11H,3-4,6,9,14H2,1-2H3/t10-,11+/m1/s1. The lowest BCUT2D eigenvalue weighted by molar-refractivity contribution is 0.0574. The summed E-state index contributed by atoms with van der Waals surface area (Å²) in [6.45, 7) is 2.82. The van der Waals surface area contributed by atoms with E-state index in [1.54, 1.807) is 0 Å². The Bertz CT molecular complexity index is 397. The van der Waals surface area contributed by atoms with E-state index >= 15 is 0 Å². The molecule has 0 bridgehead atoms. The van der Waals surface area contributed by atoms with Crippen molar-refractivity contribution in [1.29, 1.82) is 0 Å². The van der Waals surface area contributed by atoms with Crippen molar-refractivity contribution in [2.75, 3.05) is 6.54 Å². The van der Waals surface area contributed by atoms with Gasteiger partial charge < -0.3 is 15.2 Å². The summed E-state index contributed by atoms with van der Waals surface area (Å²) in [6, 6.07) is 4.00. The summed E-state index contributed by atoms with van der Waals surface area (Å²) in [5, 5.41) is 0. The van der Waals surface area contributed by atoms with E-state index < -0.39 is 0 Å². The Morgan fingerprint density at radius 2 is 2.29 bits per heavy atom. The Kier molecular flexibility index (Phi) is 3.52. The molecule has 2 N–H and O–H groups in total. The summed E-state index contributed by atoms with van der Waals surface area (Å²) < 4.78 is 1.87. The van der Waals surface area contributed by atoms with Crippen LogP contribution in [-0.2, 0) is 7.05 Å². The molecule has 0 aromatic carbocycles. The highest BCUT2D eigenvalue weighted by Gasteiger charge is 2.30. The van der Waals surface area contributed by atoms with Crippen LogP contribution >= 0.6 is 0 Å².